The summed E-state index contributed by atoms with van der Waals surface area (Å²) in [5.41, 5.74) is 0. The molecule has 0 bridgehead atoms. The van der Waals surface area contributed by atoms with Crippen LogP contribution >= 0.6 is 10.0 Å². The minimum absolute atomic E-state index is 0.108. The van der Waals surface area contributed by atoms with Crippen LogP contribution in [0.4, 0.5) is 4.53 Å². The van der Waals surface area contributed by atoms with Gasteiger partial charge in [-0.3, -0.25) is 0 Å². The molecule has 0 aliphatic carbocycles. The standard InChI is InChI=1S/C22H24S.C8H17FO3S/c1-22(2,3)23(19-13-7-4-8-14-19,20-15-9-5-10-16-20)21-17-11-6-12-18-21;1-2-3-4-5-6-7-8-13(10,11)12-9/h4-18H,1-3H3;2-8H2,1H3. The van der Waals surface area contributed by atoms with Crippen LogP contribution in [0, 0.1) is 0 Å². The van der Waals surface area contributed by atoms with Gasteiger partial charge < -0.3 is 0 Å². The van der Waals surface area contributed by atoms with Gasteiger partial charge in [0.15, 0.2) is 0 Å². The Hall–Kier alpha value is -2.15. The van der Waals surface area contributed by atoms with Crippen molar-refractivity contribution in [2.75, 3.05) is 5.75 Å². The van der Waals surface area contributed by atoms with Gasteiger partial charge in [-0.05, 0) is 62.0 Å². The van der Waals surface area contributed by atoms with Gasteiger partial charge in [0, 0.05) is 4.75 Å². The van der Waals surface area contributed by atoms with Crippen LogP contribution < -0.4 is 0 Å². The summed E-state index contributed by atoms with van der Waals surface area (Å²) in [6.07, 6.45) is 5.76. The Labute approximate surface area is 219 Å². The maximum absolute atomic E-state index is 11.3. The summed E-state index contributed by atoms with van der Waals surface area (Å²) in [6, 6.07) is 33.0. The van der Waals surface area contributed by atoms with Gasteiger partial charge >= 0.3 is 0 Å². The lowest BCUT2D eigenvalue weighted by atomic mass is 10.1. The maximum atomic E-state index is 11.3. The Bertz CT molecular complexity index is 1000. The lowest BCUT2D eigenvalue weighted by Gasteiger charge is -2.51. The average Bonchev–Trinajstić information content (AvgIpc) is 2.88. The third kappa shape index (κ3) is 8.19. The molecule has 0 unspecified atom stereocenters. The number of rotatable bonds is 11. The molecular weight excluding hydrogens is 491 g/mol. The fourth-order valence-electron chi connectivity index (χ4n) is 4.43. The smallest absolute Gasteiger partial charge is 0.197 e. The highest BCUT2D eigenvalue weighted by molar-refractivity contribution is 8.34. The summed E-state index contributed by atoms with van der Waals surface area (Å²) in [7, 11) is -5.23. The van der Waals surface area contributed by atoms with Crippen molar-refractivity contribution in [3.63, 3.8) is 0 Å². The Balaban J connectivity index is 0.000000302. The molecule has 3 aromatic rings. The number of hydrogen-bond donors (Lipinski definition) is 0. The molecule has 0 spiro atoms. The Morgan fingerprint density at radius 2 is 1.00 bits per heavy atom. The first-order chi connectivity index (χ1) is 17.2. The molecule has 0 atom stereocenters. The third-order valence-electron chi connectivity index (χ3n) is 6.05. The lowest BCUT2D eigenvalue weighted by molar-refractivity contribution is 0.00288. The fraction of sp³-hybridized carbons (Fsp3) is 0.400. The number of benzene rings is 3. The van der Waals surface area contributed by atoms with E-state index in [2.05, 4.69) is 123 Å². The van der Waals surface area contributed by atoms with Gasteiger partial charge in [0.05, 0.1) is 5.75 Å². The van der Waals surface area contributed by atoms with E-state index in [0.29, 0.717) is 6.42 Å². The normalized spacial score (nSPS) is 12.5. The highest BCUT2D eigenvalue weighted by Gasteiger charge is 2.41. The van der Waals surface area contributed by atoms with Crippen molar-refractivity contribution < 1.29 is 17.3 Å². The van der Waals surface area contributed by atoms with Crippen molar-refractivity contribution in [1.29, 1.82) is 0 Å². The molecule has 0 saturated heterocycles. The highest BCUT2D eigenvalue weighted by atomic mass is 32.3. The van der Waals surface area contributed by atoms with Gasteiger partial charge in [0.1, 0.15) is 0 Å². The lowest BCUT2D eigenvalue weighted by Crippen LogP contribution is -2.26. The van der Waals surface area contributed by atoms with Gasteiger partial charge in [0.25, 0.3) is 10.1 Å². The average molecular weight is 533 g/mol. The summed E-state index contributed by atoms with van der Waals surface area (Å²) >= 11 is 0. The first kappa shape index (κ1) is 30.1. The van der Waals surface area contributed by atoms with Crippen molar-refractivity contribution in [3.8, 4) is 0 Å². The molecule has 0 aromatic heterocycles. The summed E-state index contributed by atoms with van der Waals surface area (Å²) in [5, 5.41) is 0. The zero-order chi connectivity index (χ0) is 26.5. The van der Waals surface area contributed by atoms with Crippen LogP contribution in [0.5, 0.6) is 0 Å². The largest absolute Gasteiger partial charge is 0.297 e. The van der Waals surface area contributed by atoms with E-state index >= 15 is 0 Å². The van der Waals surface area contributed by atoms with E-state index in [-0.39, 0.29) is 10.5 Å². The molecule has 0 radical (unpaired) electrons. The van der Waals surface area contributed by atoms with Crippen molar-refractivity contribution in [2.24, 2.45) is 0 Å². The molecular formula is C30H41FO3S2. The second kappa shape index (κ2) is 14.6. The molecule has 0 amide bonds. The Morgan fingerprint density at radius 1 is 0.639 bits per heavy atom. The topological polar surface area (TPSA) is 43.4 Å². The van der Waals surface area contributed by atoms with Crippen molar-refractivity contribution in [2.45, 2.75) is 85.7 Å². The summed E-state index contributed by atoms with van der Waals surface area (Å²) in [5.74, 6) is -0.213. The minimum atomic E-state index is -3.88. The highest BCUT2D eigenvalue weighted by Crippen LogP contribution is 2.75. The van der Waals surface area contributed by atoms with E-state index in [1.54, 1.807) is 0 Å². The van der Waals surface area contributed by atoms with Gasteiger partial charge in [-0.25, -0.2) is 0 Å². The zero-order valence-electron chi connectivity index (χ0n) is 22.0. The molecule has 0 N–H and O–H groups in total. The predicted molar refractivity (Wildman–Crippen MR) is 151 cm³/mol. The van der Waals surface area contributed by atoms with Crippen molar-refractivity contribution in [3.05, 3.63) is 91.0 Å². The number of halogens is 1. The van der Waals surface area contributed by atoms with Crippen LogP contribution in [0.25, 0.3) is 0 Å². The Kier molecular flexibility index (Phi) is 12.2. The summed E-state index contributed by atoms with van der Waals surface area (Å²) in [4.78, 5) is 4.26. The molecule has 0 heterocycles. The van der Waals surface area contributed by atoms with Crippen LogP contribution in [0.2, 0.25) is 0 Å². The summed E-state index contributed by atoms with van der Waals surface area (Å²) in [6.45, 7) is 9.22. The monoisotopic (exact) mass is 532 g/mol. The van der Waals surface area contributed by atoms with E-state index in [1.165, 1.54) is 21.1 Å². The first-order valence-corrected chi connectivity index (χ1v) is 15.9. The van der Waals surface area contributed by atoms with Gasteiger partial charge in [-0.15, -0.1) is 0 Å². The first-order valence-electron chi connectivity index (χ1n) is 12.7. The molecule has 3 rings (SSSR count). The van der Waals surface area contributed by atoms with Crippen molar-refractivity contribution >= 4 is 20.1 Å². The molecule has 0 saturated carbocycles. The number of unbranched alkanes of at least 4 members (excludes halogenated alkanes) is 5. The molecule has 36 heavy (non-hydrogen) atoms. The molecule has 0 fully saturated rings. The van der Waals surface area contributed by atoms with E-state index < -0.39 is 20.1 Å². The van der Waals surface area contributed by atoms with E-state index in [0.717, 1.165) is 25.7 Å². The second-order valence-corrected chi connectivity index (χ2v) is 15.3. The van der Waals surface area contributed by atoms with Crippen LogP contribution in [-0.4, -0.2) is 18.9 Å². The van der Waals surface area contributed by atoms with Crippen LogP contribution in [0.1, 0.15) is 66.2 Å². The fourth-order valence-corrected chi connectivity index (χ4v) is 9.69. The van der Waals surface area contributed by atoms with Crippen LogP contribution in [-0.2, 0) is 14.5 Å². The predicted octanol–water partition coefficient (Wildman–Crippen LogP) is 9.34. The zero-order valence-corrected chi connectivity index (χ0v) is 23.7. The summed E-state index contributed by atoms with van der Waals surface area (Å²) < 4.78 is 35.2. The van der Waals surface area contributed by atoms with Gasteiger partial charge in [0.2, 0.25) is 0 Å². The molecule has 0 aliphatic rings. The SMILES string of the molecule is CC(C)(C)S(c1ccccc1)(c1ccccc1)c1ccccc1.CCCCCCCCS(=O)(=O)OF. The van der Waals surface area contributed by atoms with E-state index in [1.807, 2.05) is 0 Å². The van der Waals surface area contributed by atoms with E-state index in [9.17, 15) is 12.9 Å². The number of hydrogen-bond acceptors (Lipinski definition) is 3. The molecule has 6 heteroatoms. The van der Waals surface area contributed by atoms with Crippen LogP contribution in [0.15, 0.2) is 106 Å². The van der Waals surface area contributed by atoms with Gasteiger partial charge in [-0.2, -0.15) is 18.4 Å². The van der Waals surface area contributed by atoms with Crippen LogP contribution in [0.3, 0.4) is 0 Å². The molecule has 198 valence electrons. The van der Waals surface area contributed by atoms with E-state index in [4.69, 9.17) is 0 Å². The molecule has 0 aliphatic heterocycles. The maximum Gasteiger partial charge on any atom is 0.297 e. The van der Waals surface area contributed by atoms with Crippen molar-refractivity contribution in [1.82, 2.24) is 0 Å². The van der Waals surface area contributed by atoms with Gasteiger partial charge in [-0.1, -0.05) is 119 Å². The molecule has 3 aromatic carbocycles. The second-order valence-electron chi connectivity index (χ2n) is 9.76. The molecule has 3 nitrogen and oxygen atoms in total. The quantitative estimate of drug-likeness (QED) is 0.231. The minimum Gasteiger partial charge on any atom is -0.197 e. The third-order valence-corrected chi connectivity index (χ3v) is 11.8. The Morgan fingerprint density at radius 3 is 1.33 bits per heavy atom.